The van der Waals surface area contributed by atoms with E-state index in [1.54, 1.807) is 0 Å². The van der Waals surface area contributed by atoms with Crippen LogP contribution in [0.3, 0.4) is 0 Å². The summed E-state index contributed by atoms with van der Waals surface area (Å²) in [4.78, 5) is 2.62. The zero-order valence-corrected chi connectivity index (χ0v) is 9.48. The van der Waals surface area contributed by atoms with E-state index in [4.69, 9.17) is 15.0 Å². The van der Waals surface area contributed by atoms with Crippen LogP contribution in [0.2, 0.25) is 0 Å². The Kier molecular flexibility index (Phi) is 10.7. The van der Waals surface area contributed by atoms with E-state index in [0.29, 0.717) is 39.0 Å². The number of nitrogens with zero attached hydrogens (tertiary/aromatic N) is 3. The van der Waals surface area contributed by atoms with Crippen LogP contribution in [0.15, 0.2) is 5.11 Å². The van der Waals surface area contributed by atoms with E-state index >= 15 is 0 Å². The summed E-state index contributed by atoms with van der Waals surface area (Å²) in [5, 5.41) is 6.59. The van der Waals surface area contributed by atoms with Crippen molar-refractivity contribution in [3.63, 3.8) is 0 Å². The van der Waals surface area contributed by atoms with E-state index in [2.05, 4.69) is 29.2 Å². The van der Waals surface area contributed by atoms with Crippen LogP contribution in [0.25, 0.3) is 10.4 Å². The second kappa shape index (κ2) is 11.3. The fourth-order valence-corrected chi connectivity index (χ4v) is 0.892. The molecule has 0 saturated carbocycles. The molecule has 0 spiro atoms. The average molecular weight is 216 g/mol. The minimum atomic E-state index is 0.380. The molecule has 1 N–H and O–H groups in total. The van der Waals surface area contributed by atoms with Crippen molar-refractivity contribution in [2.45, 2.75) is 19.9 Å². The predicted molar refractivity (Wildman–Crippen MR) is 58.8 cm³/mol. The molecular formula is C9H20N4O2. The van der Waals surface area contributed by atoms with Gasteiger partial charge in [0.2, 0.25) is 0 Å². The summed E-state index contributed by atoms with van der Waals surface area (Å²) in [5.74, 6) is 0. The van der Waals surface area contributed by atoms with Gasteiger partial charge in [0.25, 0.3) is 0 Å². The summed E-state index contributed by atoms with van der Waals surface area (Å²) in [7, 11) is 0. The van der Waals surface area contributed by atoms with Gasteiger partial charge in [-0.1, -0.05) is 19.0 Å². The van der Waals surface area contributed by atoms with E-state index in [9.17, 15) is 0 Å². The molecule has 0 atom stereocenters. The van der Waals surface area contributed by atoms with Crippen molar-refractivity contribution in [2.24, 2.45) is 5.11 Å². The lowest BCUT2D eigenvalue weighted by atomic mass is 10.4. The molecule has 0 aliphatic rings. The number of nitrogens with one attached hydrogen (secondary N) is 1. The number of hydrogen-bond acceptors (Lipinski definition) is 4. The minimum Gasteiger partial charge on any atom is -0.379 e. The summed E-state index contributed by atoms with van der Waals surface area (Å²) in [5.41, 5.74) is 7.98. The second-order valence-corrected chi connectivity index (χ2v) is 3.29. The van der Waals surface area contributed by atoms with Crippen LogP contribution in [-0.4, -0.2) is 45.6 Å². The third-order valence-electron chi connectivity index (χ3n) is 1.57. The maximum Gasteiger partial charge on any atom is 0.0701 e. The summed E-state index contributed by atoms with van der Waals surface area (Å²) in [6.07, 6.45) is 0. The lowest BCUT2D eigenvalue weighted by Crippen LogP contribution is -2.27. The van der Waals surface area contributed by atoms with Gasteiger partial charge in [-0.05, 0) is 5.53 Å². The Morgan fingerprint density at radius 2 is 1.87 bits per heavy atom. The molecule has 0 saturated heterocycles. The Hall–Kier alpha value is -0.810. The molecule has 88 valence electrons. The molecule has 6 nitrogen and oxygen atoms in total. The van der Waals surface area contributed by atoms with Crippen LogP contribution in [0.5, 0.6) is 0 Å². The number of rotatable bonds is 10. The maximum atomic E-state index is 7.98. The summed E-state index contributed by atoms with van der Waals surface area (Å²) >= 11 is 0. The molecule has 0 aromatic carbocycles. The Morgan fingerprint density at radius 3 is 2.47 bits per heavy atom. The van der Waals surface area contributed by atoms with Crippen molar-refractivity contribution in [1.82, 2.24) is 5.32 Å². The van der Waals surface area contributed by atoms with Gasteiger partial charge in [0, 0.05) is 24.0 Å². The van der Waals surface area contributed by atoms with Crippen molar-refractivity contribution >= 4 is 0 Å². The summed E-state index contributed by atoms with van der Waals surface area (Å²) < 4.78 is 10.5. The quantitative estimate of drug-likeness (QED) is 0.259. The first-order valence-electron chi connectivity index (χ1n) is 5.17. The van der Waals surface area contributed by atoms with Crippen LogP contribution in [-0.2, 0) is 9.47 Å². The zero-order valence-electron chi connectivity index (χ0n) is 9.48. The molecule has 0 heterocycles. The highest BCUT2D eigenvalue weighted by Crippen LogP contribution is 1.81. The molecule has 6 heteroatoms. The molecule has 15 heavy (non-hydrogen) atoms. The maximum absolute atomic E-state index is 7.98. The predicted octanol–water partition coefficient (Wildman–Crippen LogP) is 1.33. The van der Waals surface area contributed by atoms with E-state index in [0.717, 1.165) is 6.54 Å². The van der Waals surface area contributed by atoms with Gasteiger partial charge in [0.1, 0.15) is 0 Å². The van der Waals surface area contributed by atoms with Gasteiger partial charge in [0.05, 0.1) is 26.4 Å². The number of azide groups is 1. The molecule has 0 fully saturated rings. The normalized spacial score (nSPS) is 10.3. The Labute approximate surface area is 90.6 Å². The first-order chi connectivity index (χ1) is 7.27. The summed E-state index contributed by atoms with van der Waals surface area (Å²) in [6, 6.07) is 0.494. The number of ether oxygens (including phenoxy) is 2. The molecule has 0 aliphatic heterocycles. The largest absolute Gasteiger partial charge is 0.379 e. The van der Waals surface area contributed by atoms with Crippen molar-refractivity contribution in [2.75, 3.05) is 39.5 Å². The minimum absolute atomic E-state index is 0.380. The molecule has 0 rings (SSSR count). The third kappa shape index (κ3) is 13.2. The first-order valence-corrected chi connectivity index (χ1v) is 5.17. The van der Waals surface area contributed by atoms with Gasteiger partial charge in [-0.25, -0.2) is 0 Å². The first kappa shape index (κ1) is 14.2. The lowest BCUT2D eigenvalue weighted by molar-refractivity contribution is 0.0514. The van der Waals surface area contributed by atoms with E-state index in [1.165, 1.54) is 0 Å². The van der Waals surface area contributed by atoms with Gasteiger partial charge in [-0.2, -0.15) is 0 Å². The fourth-order valence-electron chi connectivity index (χ4n) is 0.892. The van der Waals surface area contributed by atoms with E-state index < -0.39 is 0 Å². The molecule has 0 amide bonds. The highest BCUT2D eigenvalue weighted by Gasteiger charge is 1.92. The van der Waals surface area contributed by atoms with E-state index in [1.807, 2.05) is 0 Å². The monoisotopic (exact) mass is 216 g/mol. The van der Waals surface area contributed by atoms with Gasteiger partial charge in [0.15, 0.2) is 0 Å². The average Bonchev–Trinajstić information content (AvgIpc) is 2.20. The van der Waals surface area contributed by atoms with Gasteiger partial charge in [-0.3, -0.25) is 0 Å². The molecule has 0 bridgehead atoms. The van der Waals surface area contributed by atoms with Crippen LogP contribution in [0, 0.1) is 0 Å². The second-order valence-electron chi connectivity index (χ2n) is 3.29. The van der Waals surface area contributed by atoms with Gasteiger partial charge >= 0.3 is 0 Å². The molecule has 0 aromatic rings. The van der Waals surface area contributed by atoms with Gasteiger partial charge in [-0.15, -0.1) is 0 Å². The summed E-state index contributed by atoms with van der Waals surface area (Å²) in [6.45, 7) is 7.70. The van der Waals surface area contributed by atoms with Crippen LogP contribution in [0.4, 0.5) is 0 Å². The molecular weight excluding hydrogens is 196 g/mol. The highest BCUT2D eigenvalue weighted by atomic mass is 16.5. The Balaban J connectivity index is 2.95. The van der Waals surface area contributed by atoms with Crippen LogP contribution < -0.4 is 5.32 Å². The van der Waals surface area contributed by atoms with Crippen LogP contribution in [0.1, 0.15) is 13.8 Å². The topological polar surface area (TPSA) is 79.2 Å². The lowest BCUT2D eigenvalue weighted by Gasteiger charge is -2.08. The SMILES string of the molecule is CC(C)NCCOCCOCCN=[N+]=[N-]. The Bertz CT molecular complexity index is 181. The standard InChI is InChI=1S/C9H20N4O2/c1-9(2)11-3-5-14-7-8-15-6-4-12-13-10/h9,11H,3-8H2,1-2H3. The van der Waals surface area contributed by atoms with Crippen molar-refractivity contribution in [1.29, 1.82) is 0 Å². The van der Waals surface area contributed by atoms with Crippen LogP contribution >= 0.6 is 0 Å². The van der Waals surface area contributed by atoms with Crippen molar-refractivity contribution in [3.05, 3.63) is 10.4 Å². The zero-order chi connectivity index (χ0) is 11.4. The highest BCUT2D eigenvalue weighted by molar-refractivity contribution is 4.50. The van der Waals surface area contributed by atoms with Gasteiger partial charge < -0.3 is 14.8 Å². The number of hydrogen-bond donors (Lipinski definition) is 1. The van der Waals surface area contributed by atoms with Crippen molar-refractivity contribution < 1.29 is 9.47 Å². The smallest absolute Gasteiger partial charge is 0.0701 e. The Morgan fingerprint density at radius 1 is 1.20 bits per heavy atom. The molecule has 0 aliphatic carbocycles. The van der Waals surface area contributed by atoms with Crippen molar-refractivity contribution in [3.8, 4) is 0 Å². The fraction of sp³-hybridized carbons (Fsp3) is 1.00. The van der Waals surface area contributed by atoms with E-state index in [-0.39, 0.29) is 0 Å². The molecule has 0 unspecified atom stereocenters. The third-order valence-corrected chi connectivity index (χ3v) is 1.57. The molecule has 0 radical (unpaired) electrons. The molecule has 0 aromatic heterocycles.